The van der Waals surface area contributed by atoms with Crippen molar-refractivity contribution >= 4 is 16.5 Å². The molecule has 1 fully saturated rings. The van der Waals surface area contributed by atoms with E-state index in [4.69, 9.17) is 9.47 Å². The third-order valence-electron chi connectivity index (χ3n) is 3.41. The van der Waals surface area contributed by atoms with Crippen LogP contribution in [0.4, 0.5) is 5.13 Å². The molecule has 0 bridgehead atoms. The van der Waals surface area contributed by atoms with Gasteiger partial charge in [-0.15, -0.1) is 11.3 Å². The van der Waals surface area contributed by atoms with Gasteiger partial charge < -0.3 is 19.7 Å². The van der Waals surface area contributed by atoms with Gasteiger partial charge in [-0.05, 0) is 19.3 Å². The van der Waals surface area contributed by atoms with E-state index in [1.807, 2.05) is 0 Å². The van der Waals surface area contributed by atoms with E-state index in [1.165, 1.54) is 19.3 Å². The van der Waals surface area contributed by atoms with Crippen molar-refractivity contribution in [3.8, 4) is 0 Å². The van der Waals surface area contributed by atoms with Crippen molar-refractivity contribution in [1.82, 2.24) is 10.3 Å². The van der Waals surface area contributed by atoms with Gasteiger partial charge in [0.05, 0.1) is 18.4 Å². The molecule has 1 aromatic heterocycles. The molecular weight excluding hydrogens is 274 g/mol. The number of hydrogen-bond donors (Lipinski definition) is 1. The summed E-state index contributed by atoms with van der Waals surface area (Å²) >= 11 is 1.70. The smallest absolute Gasteiger partial charge is 0.185 e. The maximum atomic E-state index is 5.78. The van der Waals surface area contributed by atoms with Crippen molar-refractivity contribution in [2.24, 2.45) is 0 Å². The van der Waals surface area contributed by atoms with E-state index in [2.05, 4.69) is 27.6 Å². The minimum absolute atomic E-state index is 0.362. The van der Waals surface area contributed by atoms with Crippen molar-refractivity contribution in [2.45, 2.75) is 31.9 Å². The van der Waals surface area contributed by atoms with Crippen LogP contribution in [-0.4, -0.2) is 51.5 Å². The number of aromatic nitrogens is 1. The summed E-state index contributed by atoms with van der Waals surface area (Å²) in [4.78, 5) is 6.87. The molecule has 1 aromatic rings. The third-order valence-corrected chi connectivity index (χ3v) is 4.41. The molecule has 6 heteroatoms. The minimum Gasteiger partial charge on any atom is -0.383 e. The number of likely N-dealkylation sites (N-methyl/N-ethyl adjacent to an activating group) is 1. The Morgan fingerprint density at radius 2 is 2.45 bits per heavy atom. The largest absolute Gasteiger partial charge is 0.383 e. The number of nitrogens with one attached hydrogen (secondary N) is 1. The number of thiazole rings is 1. The second-order valence-electron chi connectivity index (χ2n) is 5.16. The SMILES string of the molecule is COCCNCc1csc(N(C)CC2CCCCO2)n1. The number of ether oxygens (including phenoxy) is 2. The topological polar surface area (TPSA) is 46.6 Å². The number of anilines is 1. The molecular formula is C14H25N3O2S. The second kappa shape index (κ2) is 8.56. The second-order valence-corrected chi connectivity index (χ2v) is 6.00. The molecule has 0 spiro atoms. The van der Waals surface area contributed by atoms with E-state index in [0.29, 0.717) is 6.10 Å². The summed E-state index contributed by atoms with van der Waals surface area (Å²) in [6.45, 7) is 4.23. The molecule has 1 aliphatic heterocycles. The summed E-state index contributed by atoms with van der Waals surface area (Å²) in [5, 5.41) is 6.50. The summed E-state index contributed by atoms with van der Waals surface area (Å²) in [7, 11) is 3.81. The average Bonchev–Trinajstić information content (AvgIpc) is 2.94. The first-order valence-corrected chi connectivity index (χ1v) is 8.14. The molecule has 1 saturated heterocycles. The highest BCUT2D eigenvalue weighted by Gasteiger charge is 2.17. The maximum absolute atomic E-state index is 5.78. The lowest BCUT2D eigenvalue weighted by atomic mass is 10.1. The summed E-state index contributed by atoms with van der Waals surface area (Å²) in [6, 6.07) is 0. The predicted molar refractivity (Wildman–Crippen MR) is 82.6 cm³/mol. The van der Waals surface area contributed by atoms with E-state index in [-0.39, 0.29) is 0 Å². The quantitative estimate of drug-likeness (QED) is 0.743. The summed E-state index contributed by atoms with van der Waals surface area (Å²) in [5.74, 6) is 0. The van der Waals surface area contributed by atoms with Gasteiger partial charge in [-0.3, -0.25) is 0 Å². The van der Waals surface area contributed by atoms with Crippen molar-refractivity contribution in [2.75, 3.05) is 45.4 Å². The molecule has 1 aliphatic rings. The number of hydrogen-bond acceptors (Lipinski definition) is 6. The van der Waals surface area contributed by atoms with E-state index in [1.54, 1.807) is 18.4 Å². The Bertz CT molecular complexity index is 380. The lowest BCUT2D eigenvalue weighted by Crippen LogP contribution is -2.33. The summed E-state index contributed by atoms with van der Waals surface area (Å²) in [6.07, 6.45) is 4.02. The predicted octanol–water partition coefficient (Wildman–Crippen LogP) is 1.88. The van der Waals surface area contributed by atoms with Gasteiger partial charge in [0.25, 0.3) is 0 Å². The van der Waals surface area contributed by atoms with Crippen LogP contribution in [0, 0.1) is 0 Å². The number of nitrogens with zero attached hydrogens (tertiary/aromatic N) is 2. The van der Waals surface area contributed by atoms with Crippen molar-refractivity contribution in [3.63, 3.8) is 0 Å². The van der Waals surface area contributed by atoms with Crippen molar-refractivity contribution < 1.29 is 9.47 Å². The van der Waals surface area contributed by atoms with Crippen LogP contribution >= 0.6 is 11.3 Å². The standard InChI is InChI=1S/C14H25N3O2S/c1-17(10-13-5-3-4-7-19-13)14-16-12(11-20-14)9-15-6-8-18-2/h11,13,15H,3-10H2,1-2H3. The normalized spacial score (nSPS) is 19.2. The summed E-state index contributed by atoms with van der Waals surface area (Å²) in [5.41, 5.74) is 1.09. The molecule has 1 N–H and O–H groups in total. The van der Waals surface area contributed by atoms with E-state index in [9.17, 15) is 0 Å². The van der Waals surface area contributed by atoms with Crippen LogP contribution in [0.25, 0.3) is 0 Å². The Morgan fingerprint density at radius 1 is 1.55 bits per heavy atom. The van der Waals surface area contributed by atoms with Crippen LogP contribution in [0.2, 0.25) is 0 Å². The first-order valence-electron chi connectivity index (χ1n) is 7.26. The zero-order valence-electron chi connectivity index (χ0n) is 12.4. The Kier molecular flexibility index (Phi) is 6.72. The molecule has 5 nitrogen and oxygen atoms in total. The molecule has 0 aromatic carbocycles. The molecule has 20 heavy (non-hydrogen) atoms. The van der Waals surface area contributed by atoms with Crippen LogP contribution < -0.4 is 10.2 Å². The highest BCUT2D eigenvalue weighted by molar-refractivity contribution is 7.13. The van der Waals surface area contributed by atoms with Gasteiger partial charge in [-0.25, -0.2) is 4.98 Å². The Hall–Kier alpha value is -0.690. The van der Waals surface area contributed by atoms with E-state index in [0.717, 1.165) is 43.7 Å². The first-order chi connectivity index (χ1) is 9.79. The highest BCUT2D eigenvalue weighted by Crippen LogP contribution is 2.21. The van der Waals surface area contributed by atoms with Gasteiger partial charge in [0.2, 0.25) is 0 Å². The molecule has 0 radical (unpaired) electrons. The van der Waals surface area contributed by atoms with Gasteiger partial charge in [0.1, 0.15) is 0 Å². The van der Waals surface area contributed by atoms with Gasteiger partial charge in [-0.2, -0.15) is 0 Å². The van der Waals surface area contributed by atoms with Gasteiger partial charge in [-0.1, -0.05) is 0 Å². The fraction of sp³-hybridized carbons (Fsp3) is 0.786. The first kappa shape index (κ1) is 15.7. The third kappa shape index (κ3) is 5.01. The van der Waals surface area contributed by atoms with Crippen molar-refractivity contribution in [1.29, 1.82) is 0 Å². The molecule has 1 atom stereocenters. The van der Waals surface area contributed by atoms with Gasteiger partial charge in [0.15, 0.2) is 5.13 Å². The molecule has 0 aliphatic carbocycles. The Balaban J connectivity index is 1.75. The van der Waals surface area contributed by atoms with Crippen LogP contribution in [-0.2, 0) is 16.0 Å². The monoisotopic (exact) mass is 299 g/mol. The zero-order valence-corrected chi connectivity index (χ0v) is 13.2. The fourth-order valence-electron chi connectivity index (χ4n) is 2.28. The highest BCUT2D eigenvalue weighted by atomic mass is 32.1. The van der Waals surface area contributed by atoms with Crippen LogP contribution in [0.15, 0.2) is 5.38 Å². The molecule has 0 saturated carbocycles. The minimum atomic E-state index is 0.362. The number of methoxy groups -OCH3 is 1. The van der Waals surface area contributed by atoms with Gasteiger partial charge in [0, 0.05) is 45.8 Å². The zero-order chi connectivity index (χ0) is 14.2. The Morgan fingerprint density at radius 3 is 3.20 bits per heavy atom. The summed E-state index contributed by atoms with van der Waals surface area (Å²) < 4.78 is 10.8. The fourth-order valence-corrected chi connectivity index (χ4v) is 3.08. The van der Waals surface area contributed by atoms with Crippen LogP contribution in [0.1, 0.15) is 25.0 Å². The lowest BCUT2D eigenvalue weighted by Gasteiger charge is -2.27. The van der Waals surface area contributed by atoms with Crippen molar-refractivity contribution in [3.05, 3.63) is 11.1 Å². The van der Waals surface area contributed by atoms with Crippen LogP contribution in [0.3, 0.4) is 0 Å². The molecule has 2 heterocycles. The molecule has 0 amide bonds. The maximum Gasteiger partial charge on any atom is 0.185 e. The van der Waals surface area contributed by atoms with E-state index < -0.39 is 0 Å². The van der Waals surface area contributed by atoms with Gasteiger partial charge >= 0.3 is 0 Å². The lowest BCUT2D eigenvalue weighted by molar-refractivity contribution is 0.0216. The van der Waals surface area contributed by atoms with Crippen LogP contribution in [0.5, 0.6) is 0 Å². The van der Waals surface area contributed by atoms with E-state index >= 15 is 0 Å². The Labute approximate surface area is 125 Å². The average molecular weight is 299 g/mol. The molecule has 1 unspecified atom stereocenters. The number of rotatable bonds is 8. The molecule has 114 valence electrons. The molecule has 2 rings (SSSR count).